The molecule has 0 saturated carbocycles. The molecule has 0 aliphatic carbocycles. The minimum Gasteiger partial charge on any atom is -0.378 e. The number of anilines is 3. The van der Waals surface area contributed by atoms with Crippen LogP contribution in [-0.2, 0) is 32.5 Å². The Hall–Kier alpha value is -3.63. The molecule has 1 amide bonds. The molecule has 0 radical (unpaired) electrons. The number of rotatable bonds is 7. The van der Waals surface area contributed by atoms with Gasteiger partial charge in [-0.3, -0.25) is 14.5 Å². The maximum Gasteiger partial charge on any atom is 0.261 e. The third-order valence-electron chi connectivity index (χ3n) is 6.17. The van der Waals surface area contributed by atoms with Gasteiger partial charge in [0.25, 0.3) is 10.0 Å². The molecule has 9 nitrogen and oxygen atoms in total. The quantitative estimate of drug-likeness (QED) is 0.463. The van der Waals surface area contributed by atoms with Gasteiger partial charge in [0.05, 0.1) is 29.5 Å². The molecule has 35 heavy (non-hydrogen) atoms. The first-order valence-corrected chi connectivity index (χ1v) is 13.0. The lowest BCUT2D eigenvalue weighted by Crippen LogP contribution is -2.38. The lowest BCUT2D eigenvalue weighted by atomic mass is 10.1. The van der Waals surface area contributed by atoms with Crippen LogP contribution < -0.4 is 20.3 Å². The van der Waals surface area contributed by atoms with Crippen LogP contribution in [0.1, 0.15) is 11.1 Å². The van der Waals surface area contributed by atoms with Crippen molar-refractivity contribution in [3.05, 3.63) is 78.1 Å². The lowest BCUT2D eigenvalue weighted by molar-refractivity contribution is -0.121. The van der Waals surface area contributed by atoms with Crippen molar-refractivity contribution in [1.82, 2.24) is 10.3 Å². The highest BCUT2D eigenvalue weighted by atomic mass is 32.2. The van der Waals surface area contributed by atoms with Crippen molar-refractivity contribution in [3.8, 4) is 0 Å². The lowest BCUT2D eigenvalue weighted by Gasteiger charge is -2.30. The number of fused-ring (bicyclic) bond motifs is 1. The topological polar surface area (TPSA) is 113 Å². The van der Waals surface area contributed by atoms with Crippen molar-refractivity contribution in [3.63, 3.8) is 0 Å². The average Bonchev–Trinajstić information content (AvgIpc) is 3.33. The smallest absolute Gasteiger partial charge is 0.261 e. The molecule has 1 unspecified atom stereocenters. The number of nitrogens with zero attached hydrogens (tertiary/aromatic N) is 2. The highest BCUT2D eigenvalue weighted by molar-refractivity contribution is 7.92. The van der Waals surface area contributed by atoms with E-state index < -0.39 is 10.0 Å². The third kappa shape index (κ3) is 5.23. The minimum absolute atomic E-state index is 0.112. The monoisotopic (exact) mass is 493 g/mol. The SMILES string of the molecule is O=C(NCc1ccc(S(=O)(=O)Nc2ccccc2N2CCOCC2)cc1)C1Cc2cnccc2N1. The highest BCUT2D eigenvalue weighted by Gasteiger charge is 2.26. The number of nitrogens with one attached hydrogen (secondary N) is 3. The van der Waals surface area contributed by atoms with Crippen LogP contribution in [0.5, 0.6) is 0 Å². The maximum absolute atomic E-state index is 13.1. The van der Waals surface area contributed by atoms with Gasteiger partial charge in [-0.05, 0) is 41.5 Å². The van der Waals surface area contributed by atoms with Crippen molar-refractivity contribution in [2.45, 2.75) is 23.9 Å². The standard InChI is InChI=1S/C25H27N5O4S/c31-25(23-15-19-17-26-10-9-21(19)28-23)27-16-18-5-7-20(8-6-18)35(32,33)29-22-3-1-2-4-24(22)30-11-13-34-14-12-30/h1-10,17,23,28-29H,11-16H2,(H,27,31). The summed E-state index contributed by atoms with van der Waals surface area (Å²) in [4.78, 5) is 18.9. The molecule has 10 heteroatoms. The molecule has 3 aromatic rings. The van der Waals surface area contributed by atoms with Crippen LogP contribution in [0.15, 0.2) is 71.9 Å². The summed E-state index contributed by atoms with van der Waals surface area (Å²) in [7, 11) is -3.78. The molecule has 1 atom stereocenters. The number of sulfonamides is 1. The van der Waals surface area contributed by atoms with Gasteiger partial charge < -0.3 is 20.3 Å². The molecular formula is C25H27N5O4S. The Bertz CT molecular complexity index is 1280. The molecule has 3 N–H and O–H groups in total. The van der Waals surface area contributed by atoms with Gasteiger partial charge in [-0.1, -0.05) is 24.3 Å². The first-order chi connectivity index (χ1) is 17.0. The first-order valence-electron chi connectivity index (χ1n) is 11.5. The molecule has 2 aliphatic rings. The van der Waals surface area contributed by atoms with Gasteiger partial charge in [-0.2, -0.15) is 0 Å². The van der Waals surface area contributed by atoms with Gasteiger partial charge in [0, 0.05) is 44.1 Å². The molecule has 1 aromatic heterocycles. The Labute approximate surface area is 204 Å². The van der Waals surface area contributed by atoms with Crippen LogP contribution in [0, 0.1) is 0 Å². The molecule has 2 aromatic carbocycles. The fraction of sp³-hybridized carbons (Fsp3) is 0.280. The number of morpholine rings is 1. The largest absolute Gasteiger partial charge is 0.378 e. The molecule has 5 rings (SSSR count). The predicted molar refractivity (Wildman–Crippen MR) is 134 cm³/mol. The summed E-state index contributed by atoms with van der Waals surface area (Å²) < 4.78 is 34.2. The van der Waals surface area contributed by atoms with E-state index in [1.165, 1.54) is 0 Å². The summed E-state index contributed by atoms with van der Waals surface area (Å²) in [6.45, 7) is 2.94. The van der Waals surface area contributed by atoms with Crippen molar-refractivity contribution in [2.24, 2.45) is 0 Å². The zero-order valence-corrected chi connectivity index (χ0v) is 19.9. The van der Waals surface area contributed by atoms with Crippen LogP contribution in [0.2, 0.25) is 0 Å². The zero-order chi connectivity index (χ0) is 24.3. The van der Waals surface area contributed by atoms with E-state index in [4.69, 9.17) is 4.74 Å². The Morgan fingerprint density at radius 2 is 1.86 bits per heavy atom. The normalized spacial score (nSPS) is 17.4. The van der Waals surface area contributed by atoms with Crippen LogP contribution in [0.3, 0.4) is 0 Å². The molecule has 1 saturated heterocycles. The van der Waals surface area contributed by atoms with Crippen molar-refractivity contribution >= 4 is 33.0 Å². The molecular weight excluding hydrogens is 466 g/mol. The molecule has 2 aliphatic heterocycles. The average molecular weight is 494 g/mol. The number of aromatic nitrogens is 1. The molecule has 3 heterocycles. The minimum atomic E-state index is -3.78. The van der Waals surface area contributed by atoms with Crippen LogP contribution >= 0.6 is 0 Å². The van der Waals surface area contributed by atoms with E-state index >= 15 is 0 Å². The van der Waals surface area contributed by atoms with Gasteiger partial charge in [-0.15, -0.1) is 0 Å². The fourth-order valence-corrected chi connectivity index (χ4v) is 5.36. The van der Waals surface area contributed by atoms with Gasteiger partial charge >= 0.3 is 0 Å². The fourth-order valence-electron chi connectivity index (χ4n) is 4.29. The number of ether oxygens (including phenoxy) is 1. The number of pyridine rings is 1. The van der Waals surface area contributed by atoms with E-state index in [9.17, 15) is 13.2 Å². The molecule has 0 bridgehead atoms. The number of para-hydroxylation sites is 2. The summed E-state index contributed by atoms with van der Waals surface area (Å²) in [6, 6.07) is 15.4. The Balaban J connectivity index is 1.21. The molecule has 0 spiro atoms. The second-order valence-electron chi connectivity index (χ2n) is 8.52. The van der Waals surface area contributed by atoms with Gasteiger partial charge in [0.2, 0.25) is 5.91 Å². The summed E-state index contributed by atoms with van der Waals surface area (Å²) in [5.41, 5.74) is 4.12. The van der Waals surface area contributed by atoms with E-state index in [1.807, 2.05) is 24.3 Å². The Kier molecular flexibility index (Phi) is 6.56. The van der Waals surface area contributed by atoms with E-state index in [2.05, 4.69) is 25.2 Å². The zero-order valence-electron chi connectivity index (χ0n) is 19.1. The number of hydrogen-bond acceptors (Lipinski definition) is 7. The van der Waals surface area contributed by atoms with Gasteiger partial charge in [0.1, 0.15) is 6.04 Å². The van der Waals surface area contributed by atoms with Gasteiger partial charge in [0.15, 0.2) is 0 Å². The third-order valence-corrected chi connectivity index (χ3v) is 7.56. The summed E-state index contributed by atoms with van der Waals surface area (Å²) >= 11 is 0. The van der Waals surface area contributed by atoms with Crippen LogP contribution in [0.4, 0.5) is 17.1 Å². The summed E-state index contributed by atoms with van der Waals surface area (Å²) in [6.07, 6.45) is 4.05. The van der Waals surface area contributed by atoms with Crippen molar-refractivity contribution in [1.29, 1.82) is 0 Å². The second-order valence-corrected chi connectivity index (χ2v) is 10.2. The number of hydrogen-bond donors (Lipinski definition) is 3. The number of carbonyl (C=O) groups excluding carboxylic acids is 1. The van der Waals surface area contributed by atoms with E-state index in [0.717, 1.165) is 22.5 Å². The molecule has 1 fully saturated rings. The molecule has 182 valence electrons. The highest BCUT2D eigenvalue weighted by Crippen LogP contribution is 2.29. The van der Waals surface area contributed by atoms with E-state index in [0.29, 0.717) is 45.0 Å². The summed E-state index contributed by atoms with van der Waals surface area (Å²) in [5.74, 6) is -0.112. The predicted octanol–water partition coefficient (Wildman–Crippen LogP) is 2.37. The maximum atomic E-state index is 13.1. The van der Waals surface area contributed by atoms with Crippen molar-refractivity contribution in [2.75, 3.05) is 41.2 Å². The Morgan fingerprint density at radius 3 is 2.63 bits per heavy atom. The number of amides is 1. The first kappa shape index (κ1) is 23.1. The van der Waals surface area contributed by atoms with Crippen molar-refractivity contribution < 1.29 is 17.9 Å². The number of benzene rings is 2. The van der Waals surface area contributed by atoms with Gasteiger partial charge in [-0.25, -0.2) is 8.42 Å². The van der Waals surface area contributed by atoms with E-state index in [-0.39, 0.29) is 16.8 Å². The second kappa shape index (κ2) is 9.93. The van der Waals surface area contributed by atoms with E-state index in [1.54, 1.807) is 42.7 Å². The van der Waals surface area contributed by atoms with Crippen LogP contribution in [-0.4, -0.2) is 51.7 Å². The van der Waals surface area contributed by atoms with Crippen LogP contribution in [0.25, 0.3) is 0 Å². The Morgan fingerprint density at radius 1 is 1.09 bits per heavy atom. The number of carbonyl (C=O) groups is 1. The summed E-state index contributed by atoms with van der Waals surface area (Å²) in [5, 5.41) is 6.12.